The Hall–Kier alpha value is -3.49. The Labute approximate surface area is 242 Å². The molecule has 0 bridgehead atoms. The number of H-pyrrole nitrogens is 1. The number of ether oxygens (including phenoxy) is 1. The van der Waals surface area contributed by atoms with Crippen LogP contribution in [0.2, 0.25) is 0 Å². The van der Waals surface area contributed by atoms with Crippen LogP contribution in [0.25, 0.3) is 11.1 Å². The minimum Gasteiger partial charge on any atom is -0.381 e. The maximum atomic E-state index is 13.7. The molecule has 1 unspecified atom stereocenters. The summed E-state index contributed by atoms with van der Waals surface area (Å²) in [5, 5.41) is 6.13. The number of pyridine rings is 1. The molecule has 7 nitrogen and oxygen atoms in total. The number of carbonyl (C=O) groups excluding carboxylic acids is 1. The highest BCUT2D eigenvalue weighted by Gasteiger charge is 2.25. The van der Waals surface area contributed by atoms with Gasteiger partial charge in [-0.05, 0) is 93.5 Å². The third kappa shape index (κ3) is 7.63. The summed E-state index contributed by atoms with van der Waals surface area (Å²) in [6.07, 6.45) is 0.983. The Morgan fingerprint density at radius 1 is 1.07 bits per heavy atom. The van der Waals surface area contributed by atoms with Crippen LogP contribution >= 0.6 is 0 Å². The van der Waals surface area contributed by atoms with E-state index in [4.69, 9.17) is 4.74 Å². The van der Waals surface area contributed by atoms with Gasteiger partial charge in [-0.1, -0.05) is 24.3 Å². The highest BCUT2D eigenvalue weighted by molar-refractivity contribution is 5.99. The molecule has 4 rings (SSSR count). The molecule has 2 aromatic carbocycles. The van der Waals surface area contributed by atoms with Gasteiger partial charge in [0, 0.05) is 67.9 Å². The van der Waals surface area contributed by atoms with E-state index in [1.54, 1.807) is 6.92 Å². The lowest BCUT2D eigenvalue weighted by atomic mass is 9.94. The number of hydrogen-bond acceptors (Lipinski definition) is 5. The molecule has 0 aliphatic carbocycles. The van der Waals surface area contributed by atoms with Crippen LogP contribution in [0.4, 0.5) is 10.1 Å². The SMILES string of the molecule is CCN(c1cc(-c2ccc(CNCC(C)F)cc2)cc(C(=O)NCc2c(C)cc(C)[nH]c2=O)c1C)C1CCOCC1. The summed E-state index contributed by atoms with van der Waals surface area (Å²) in [5.74, 6) is -0.214. The van der Waals surface area contributed by atoms with E-state index in [1.165, 1.54) is 0 Å². The summed E-state index contributed by atoms with van der Waals surface area (Å²) in [6, 6.07) is 14.5. The number of benzene rings is 2. The normalized spacial score (nSPS) is 14.6. The Bertz CT molecular complexity index is 1390. The molecule has 8 heteroatoms. The second kappa shape index (κ2) is 13.9. The first kappa shape index (κ1) is 30.5. The average molecular weight is 563 g/mol. The fourth-order valence-corrected chi connectivity index (χ4v) is 5.62. The summed E-state index contributed by atoms with van der Waals surface area (Å²) in [4.78, 5) is 31.5. The third-order valence-corrected chi connectivity index (χ3v) is 7.87. The molecule has 0 saturated carbocycles. The first-order valence-corrected chi connectivity index (χ1v) is 14.6. The van der Waals surface area contributed by atoms with Crippen molar-refractivity contribution in [1.82, 2.24) is 15.6 Å². The van der Waals surface area contributed by atoms with Crippen molar-refractivity contribution in [2.24, 2.45) is 0 Å². The molecule has 1 aromatic heterocycles. The number of rotatable bonds is 11. The van der Waals surface area contributed by atoms with Gasteiger partial charge in [0.15, 0.2) is 0 Å². The molecule has 3 aromatic rings. The van der Waals surface area contributed by atoms with Crippen LogP contribution in [0.15, 0.2) is 47.3 Å². The molecular weight excluding hydrogens is 519 g/mol. The predicted molar refractivity (Wildman–Crippen MR) is 163 cm³/mol. The van der Waals surface area contributed by atoms with Gasteiger partial charge in [0.2, 0.25) is 0 Å². The molecule has 0 radical (unpaired) electrons. The number of anilines is 1. The topological polar surface area (TPSA) is 86.5 Å². The van der Waals surface area contributed by atoms with Gasteiger partial charge in [-0.2, -0.15) is 0 Å². The lowest BCUT2D eigenvalue weighted by Crippen LogP contribution is -2.40. The highest BCUT2D eigenvalue weighted by atomic mass is 19.1. The summed E-state index contributed by atoms with van der Waals surface area (Å²) in [7, 11) is 0. The van der Waals surface area contributed by atoms with Crippen LogP contribution in [0.5, 0.6) is 0 Å². The van der Waals surface area contributed by atoms with E-state index in [0.29, 0.717) is 30.3 Å². The standard InChI is InChI=1S/C33H43FN4O3/c1-6-38(28-11-13-41-14-12-28)31-17-27(26-9-7-25(8-10-26)19-35-18-22(3)34)16-29(24(31)5)32(39)36-20-30-21(2)15-23(4)37-33(30)40/h7-10,15-17,22,28,35H,6,11-14,18-20H2,1-5H3,(H,36,39)(H,37,40). The van der Waals surface area contributed by atoms with Crippen LogP contribution < -0.4 is 21.1 Å². The minimum absolute atomic E-state index is 0.149. The highest BCUT2D eigenvalue weighted by Crippen LogP contribution is 2.34. The summed E-state index contributed by atoms with van der Waals surface area (Å²) in [5.41, 5.74) is 7.57. The van der Waals surface area contributed by atoms with Crippen molar-refractivity contribution in [3.63, 3.8) is 0 Å². The van der Waals surface area contributed by atoms with E-state index < -0.39 is 6.17 Å². The number of aromatic nitrogens is 1. The van der Waals surface area contributed by atoms with E-state index in [9.17, 15) is 14.0 Å². The molecule has 1 fully saturated rings. The Morgan fingerprint density at radius 2 is 1.78 bits per heavy atom. The largest absolute Gasteiger partial charge is 0.381 e. The zero-order chi connectivity index (χ0) is 29.5. The smallest absolute Gasteiger partial charge is 0.253 e. The Balaban J connectivity index is 1.68. The van der Waals surface area contributed by atoms with Crippen molar-refractivity contribution in [3.8, 4) is 11.1 Å². The Morgan fingerprint density at radius 3 is 2.41 bits per heavy atom. The molecule has 3 N–H and O–H groups in total. The summed E-state index contributed by atoms with van der Waals surface area (Å²) in [6.45, 7) is 12.7. The molecule has 41 heavy (non-hydrogen) atoms. The number of alkyl halides is 1. The van der Waals surface area contributed by atoms with E-state index >= 15 is 0 Å². The number of halogens is 1. The molecule has 1 amide bonds. The van der Waals surface area contributed by atoms with Crippen LogP contribution in [0, 0.1) is 20.8 Å². The van der Waals surface area contributed by atoms with Gasteiger partial charge in [-0.25, -0.2) is 4.39 Å². The lowest BCUT2D eigenvalue weighted by molar-refractivity contribution is 0.0846. The van der Waals surface area contributed by atoms with Crippen molar-refractivity contribution in [1.29, 1.82) is 0 Å². The van der Waals surface area contributed by atoms with Gasteiger partial charge in [0.05, 0.1) is 0 Å². The van der Waals surface area contributed by atoms with Crippen LogP contribution in [-0.4, -0.2) is 49.4 Å². The lowest BCUT2D eigenvalue weighted by Gasteiger charge is -2.37. The van der Waals surface area contributed by atoms with Crippen LogP contribution in [-0.2, 0) is 17.8 Å². The van der Waals surface area contributed by atoms with E-state index in [-0.39, 0.29) is 18.0 Å². The zero-order valence-electron chi connectivity index (χ0n) is 24.9. The predicted octanol–water partition coefficient (Wildman–Crippen LogP) is 5.35. The number of amides is 1. The number of aromatic amines is 1. The van der Waals surface area contributed by atoms with Crippen LogP contribution in [0.1, 0.15) is 65.0 Å². The molecule has 1 saturated heterocycles. The number of nitrogens with zero attached hydrogens (tertiary/aromatic N) is 1. The van der Waals surface area contributed by atoms with Gasteiger partial charge < -0.3 is 25.3 Å². The van der Waals surface area contributed by atoms with Gasteiger partial charge in [-0.15, -0.1) is 0 Å². The fraction of sp³-hybridized carbons (Fsp3) is 0.455. The number of hydrogen-bond donors (Lipinski definition) is 3. The molecule has 2 heterocycles. The quantitative estimate of drug-likeness (QED) is 0.293. The zero-order valence-corrected chi connectivity index (χ0v) is 24.9. The third-order valence-electron chi connectivity index (χ3n) is 7.87. The summed E-state index contributed by atoms with van der Waals surface area (Å²) < 4.78 is 18.8. The van der Waals surface area contributed by atoms with Crippen molar-refractivity contribution >= 4 is 11.6 Å². The summed E-state index contributed by atoms with van der Waals surface area (Å²) >= 11 is 0. The maximum absolute atomic E-state index is 13.7. The van der Waals surface area contributed by atoms with Gasteiger partial charge in [-0.3, -0.25) is 9.59 Å². The second-order valence-corrected chi connectivity index (χ2v) is 11.0. The van der Waals surface area contributed by atoms with Crippen LogP contribution in [0.3, 0.4) is 0 Å². The number of nitrogens with one attached hydrogen (secondary N) is 3. The average Bonchev–Trinajstić information content (AvgIpc) is 2.94. The van der Waals surface area contributed by atoms with E-state index in [1.807, 2.05) is 57.2 Å². The molecule has 1 atom stereocenters. The van der Waals surface area contributed by atoms with Gasteiger partial charge >= 0.3 is 0 Å². The van der Waals surface area contributed by atoms with Crippen molar-refractivity contribution < 1.29 is 13.9 Å². The molecule has 1 aliphatic rings. The second-order valence-electron chi connectivity index (χ2n) is 11.0. The first-order valence-electron chi connectivity index (χ1n) is 14.6. The molecule has 220 valence electrons. The molecular formula is C33H43FN4O3. The van der Waals surface area contributed by atoms with Crippen molar-refractivity contribution in [2.45, 2.75) is 72.8 Å². The number of aryl methyl sites for hydroxylation is 2. The molecule has 0 spiro atoms. The first-order chi connectivity index (χ1) is 19.7. The fourth-order valence-electron chi connectivity index (χ4n) is 5.62. The maximum Gasteiger partial charge on any atom is 0.253 e. The van der Waals surface area contributed by atoms with E-state index in [2.05, 4.69) is 33.5 Å². The van der Waals surface area contributed by atoms with Crippen molar-refractivity contribution in [2.75, 3.05) is 31.2 Å². The van der Waals surface area contributed by atoms with Crippen molar-refractivity contribution in [3.05, 3.63) is 86.3 Å². The molecule has 1 aliphatic heterocycles. The number of carbonyl (C=O) groups is 1. The monoisotopic (exact) mass is 562 g/mol. The van der Waals surface area contributed by atoms with Gasteiger partial charge in [0.1, 0.15) is 6.17 Å². The van der Waals surface area contributed by atoms with E-state index in [0.717, 1.165) is 71.8 Å². The Kier molecular flexibility index (Phi) is 10.3. The minimum atomic E-state index is -0.893. The van der Waals surface area contributed by atoms with Gasteiger partial charge in [0.25, 0.3) is 11.5 Å².